The standard InChI is InChI=1S/C13H8N2O2/c16-13(17)12-4-3-9-8-2-1-7-14-10(8)5-6-11(9)15-12/h1-7H,(H,16,17). The minimum atomic E-state index is -1.02. The van der Waals surface area contributed by atoms with Crippen LogP contribution in [0.25, 0.3) is 21.8 Å². The van der Waals surface area contributed by atoms with Gasteiger partial charge in [-0.05, 0) is 30.3 Å². The van der Waals surface area contributed by atoms with E-state index in [2.05, 4.69) is 9.97 Å². The summed E-state index contributed by atoms with van der Waals surface area (Å²) in [5, 5.41) is 10.8. The van der Waals surface area contributed by atoms with Crippen LogP contribution >= 0.6 is 0 Å². The molecule has 0 aliphatic carbocycles. The van der Waals surface area contributed by atoms with Crippen molar-refractivity contribution in [2.75, 3.05) is 0 Å². The largest absolute Gasteiger partial charge is 0.477 e. The number of nitrogens with zero attached hydrogens (tertiary/aromatic N) is 2. The molecule has 0 saturated carbocycles. The minimum absolute atomic E-state index is 0.0562. The molecule has 0 saturated heterocycles. The summed E-state index contributed by atoms with van der Waals surface area (Å²) in [6, 6.07) is 10.7. The number of fused-ring (bicyclic) bond motifs is 3. The van der Waals surface area contributed by atoms with Crippen molar-refractivity contribution in [3.8, 4) is 0 Å². The Morgan fingerprint density at radius 3 is 2.59 bits per heavy atom. The van der Waals surface area contributed by atoms with E-state index >= 15 is 0 Å². The zero-order chi connectivity index (χ0) is 11.8. The monoisotopic (exact) mass is 224 g/mol. The summed E-state index contributed by atoms with van der Waals surface area (Å²) >= 11 is 0. The lowest BCUT2D eigenvalue weighted by atomic mass is 10.1. The van der Waals surface area contributed by atoms with Gasteiger partial charge >= 0.3 is 5.97 Å². The average molecular weight is 224 g/mol. The van der Waals surface area contributed by atoms with Crippen molar-refractivity contribution < 1.29 is 9.90 Å². The molecule has 0 aliphatic heterocycles. The number of aromatic nitrogens is 2. The van der Waals surface area contributed by atoms with E-state index in [4.69, 9.17) is 5.11 Å². The maximum absolute atomic E-state index is 10.8. The molecular formula is C13H8N2O2. The Morgan fingerprint density at radius 2 is 1.76 bits per heavy atom. The Bertz CT molecular complexity index is 738. The van der Waals surface area contributed by atoms with Gasteiger partial charge in [-0.3, -0.25) is 4.98 Å². The molecule has 82 valence electrons. The number of carboxylic acids is 1. The Morgan fingerprint density at radius 1 is 1.00 bits per heavy atom. The maximum Gasteiger partial charge on any atom is 0.354 e. The Balaban J connectivity index is 2.41. The summed E-state index contributed by atoms with van der Waals surface area (Å²) in [4.78, 5) is 19.2. The van der Waals surface area contributed by atoms with Crippen LogP contribution in [0.15, 0.2) is 42.6 Å². The summed E-state index contributed by atoms with van der Waals surface area (Å²) in [5.41, 5.74) is 1.61. The van der Waals surface area contributed by atoms with E-state index < -0.39 is 5.97 Å². The van der Waals surface area contributed by atoms with Gasteiger partial charge in [-0.15, -0.1) is 0 Å². The van der Waals surface area contributed by atoms with Crippen molar-refractivity contribution in [2.45, 2.75) is 0 Å². The Hall–Kier alpha value is -2.49. The molecule has 1 N–H and O–H groups in total. The molecule has 0 unspecified atom stereocenters. The van der Waals surface area contributed by atoms with Crippen molar-refractivity contribution in [1.82, 2.24) is 9.97 Å². The van der Waals surface area contributed by atoms with Crippen LogP contribution in [0.5, 0.6) is 0 Å². The minimum Gasteiger partial charge on any atom is -0.477 e. The van der Waals surface area contributed by atoms with Gasteiger partial charge in [-0.1, -0.05) is 6.07 Å². The molecule has 0 fully saturated rings. The summed E-state index contributed by atoms with van der Waals surface area (Å²) in [7, 11) is 0. The predicted molar refractivity (Wildman–Crippen MR) is 64.0 cm³/mol. The molecule has 0 bridgehead atoms. The maximum atomic E-state index is 10.8. The molecule has 0 spiro atoms. The van der Waals surface area contributed by atoms with E-state index in [0.29, 0.717) is 5.52 Å². The van der Waals surface area contributed by atoms with Crippen LogP contribution in [0.1, 0.15) is 10.5 Å². The fraction of sp³-hybridized carbons (Fsp3) is 0. The van der Waals surface area contributed by atoms with Gasteiger partial charge in [-0.25, -0.2) is 9.78 Å². The van der Waals surface area contributed by atoms with Gasteiger partial charge in [0.05, 0.1) is 11.0 Å². The lowest BCUT2D eigenvalue weighted by molar-refractivity contribution is 0.0691. The van der Waals surface area contributed by atoms with Crippen LogP contribution in [-0.4, -0.2) is 21.0 Å². The van der Waals surface area contributed by atoms with Gasteiger partial charge in [0.1, 0.15) is 5.69 Å². The number of carbonyl (C=O) groups is 1. The van der Waals surface area contributed by atoms with Gasteiger partial charge < -0.3 is 5.11 Å². The lowest BCUT2D eigenvalue weighted by Gasteiger charge is -2.03. The first-order valence-electron chi connectivity index (χ1n) is 5.13. The number of rotatable bonds is 1. The predicted octanol–water partition coefficient (Wildman–Crippen LogP) is 2.48. The molecule has 1 aromatic carbocycles. The molecule has 0 atom stereocenters. The Kier molecular flexibility index (Phi) is 2.01. The van der Waals surface area contributed by atoms with E-state index in [9.17, 15) is 4.79 Å². The van der Waals surface area contributed by atoms with Gasteiger partial charge in [0.2, 0.25) is 0 Å². The smallest absolute Gasteiger partial charge is 0.354 e. The highest BCUT2D eigenvalue weighted by atomic mass is 16.4. The van der Waals surface area contributed by atoms with E-state index in [1.807, 2.05) is 18.2 Å². The highest BCUT2D eigenvalue weighted by Crippen LogP contribution is 2.22. The molecule has 2 aromatic heterocycles. The van der Waals surface area contributed by atoms with Crippen LogP contribution in [0.3, 0.4) is 0 Å². The highest BCUT2D eigenvalue weighted by molar-refractivity contribution is 6.05. The fourth-order valence-corrected chi connectivity index (χ4v) is 1.88. The highest BCUT2D eigenvalue weighted by Gasteiger charge is 2.07. The van der Waals surface area contributed by atoms with E-state index in [1.165, 1.54) is 6.07 Å². The van der Waals surface area contributed by atoms with Gasteiger partial charge in [0, 0.05) is 17.0 Å². The topological polar surface area (TPSA) is 63.1 Å². The molecule has 4 nitrogen and oxygen atoms in total. The number of hydrogen-bond acceptors (Lipinski definition) is 3. The fourth-order valence-electron chi connectivity index (χ4n) is 1.88. The molecule has 3 aromatic rings. The molecule has 0 aliphatic rings. The van der Waals surface area contributed by atoms with Crippen molar-refractivity contribution in [2.24, 2.45) is 0 Å². The zero-order valence-corrected chi connectivity index (χ0v) is 8.79. The lowest BCUT2D eigenvalue weighted by Crippen LogP contribution is -1.99. The van der Waals surface area contributed by atoms with Gasteiger partial charge in [0.15, 0.2) is 0 Å². The molecule has 3 rings (SSSR count). The van der Waals surface area contributed by atoms with Gasteiger partial charge in [-0.2, -0.15) is 0 Å². The number of hydrogen-bond donors (Lipinski definition) is 1. The number of carboxylic acid groups (broad SMARTS) is 1. The second-order valence-electron chi connectivity index (χ2n) is 3.70. The zero-order valence-electron chi connectivity index (χ0n) is 8.79. The summed E-state index contributed by atoms with van der Waals surface area (Å²) < 4.78 is 0. The van der Waals surface area contributed by atoms with Crippen LogP contribution < -0.4 is 0 Å². The van der Waals surface area contributed by atoms with Crippen molar-refractivity contribution >= 4 is 27.8 Å². The van der Waals surface area contributed by atoms with E-state index in [-0.39, 0.29) is 5.69 Å². The van der Waals surface area contributed by atoms with E-state index in [1.54, 1.807) is 18.3 Å². The number of benzene rings is 1. The SMILES string of the molecule is O=C(O)c1ccc2c(ccc3ncccc32)n1. The quantitative estimate of drug-likeness (QED) is 0.645. The van der Waals surface area contributed by atoms with Crippen LogP contribution in [0.2, 0.25) is 0 Å². The van der Waals surface area contributed by atoms with Crippen molar-refractivity contribution in [3.05, 3.63) is 48.3 Å². The second kappa shape index (κ2) is 3.52. The summed E-state index contributed by atoms with van der Waals surface area (Å²) in [6.07, 6.45) is 1.73. The number of pyridine rings is 2. The first-order chi connectivity index (χ1) is 8.25. The molecule has 0 amide bonds. The third-order valence-corrected chi connectivity index (χ3v) is 2.67. The molecule has 17 heavy (non-hydrogen) atoms. The Labute approximate surface area is 96.6 Å². The normalized spacial score (nSPS) is 10.8. The van der Waals surface area contributed by atoms with Crippen molar-refractivity contribution in [1.29, 1.82) is 0 Å². The van der Waals surface area contributed by atoms with E-state index in [0.717, 1.165) is 16.3 Å². The van der Waals surface area contributed by atoms with Crippen molar-refractivity contribution in [3.63, 3.8) is 0 Å². The third-order valence-electron chi connectivity index (χ3n) is 2.67. The number of aromatic carboxylic acids is 1. The molecule has 4 heteroatoms. The first kappa shape index (κ1) is 9.72. The molecule has 0 radical (unpaired) electrons. The average Bonchev–Trinajstić information content (AvgIpc) is 2.38. The third kappa shape index (κ3) is 1.50. The van der Waals surface area contributed by atoms with Gasteiger partial charge in [0.25, 0.3) is 0 Å². The van der Waals surface area contributed by atoms with Crippen LogP contribution in [0, 0.1) is 0 Å². The molecule has 2 heterocycles. The van der Waals surface area contributed by atoms with Crippen LogP contribution in [-0.2, 0) is 0 Å². The summed E-state index contributed by atoms with van der Waals surface area (Å²) in [6.45, 7) is 0. The second-order valence-corrected chi connectivity index (χ2v) is 3.70. The molecular weight excluding hydrogens is 216 g/mol. The first-order valence-corrected chi connectivity index (χ1v) is 5.13. The van der Waals surface area contributed by atoms with Crippen LogP contribution in [0.4, 0.5) is 0 Å². The summed E-state index contributed by atoms with van der Waals surface area (Å²) in [5.74, 6) is -1.02.